The van der Waals surface area contributed by atoms with Crippen LogP contribution in [-0.4, -0.2) is 37.5 Å². The summed E-state index contributed by atoms with van der Waals surface area (Å²) >= 11 is 0. The molecule has 2 aromatic rings. The molecular weight excluding hydrogens is 349 g/mol. The van der Waals surface area contributed by atoms with Gasteiger partial charge >= 0.3 is 6.03 Å². The van der Waals surface area contributed by atoms with Crippen molar-refractivity contribution >= 4 is 17.6 Å². The number of rotatable bonds is 3. The number of nitrogens with one attached hydrogen (secondary N) is 1. The zero-order chi connectivity index (χ0) is 19.1. The maximum absolute atomic E-state index is 14.4. The quantitative estimate of drug-likeness (QED) is 0.907. The molecule has 1 unspecified atom stereocenters. The Bertz CT molecular complexity index is 955. The van der Waals surface area contributed by atoms with Gasteiger partial charge in [-0.1, -0.05) is 18.2 Å². The Morgan fingerprint density at radius 1 is 1.11 bits per heavy atom. The van der Waals surface area contributed by atoms with Crippen LogP contribution in [0, 0.1) is 5.82 Å². The summed E-state index contributed by atoms with van der Waals surface area (Å²) in [6.07, 6.45) is 0. The molecule has 2 aliphatic rings. The van der Waals surface area contributed by atoms with E-state index in [9.17, 15) is 14.0 Å². The first-order chi connectivity index (χ1) is 13.0. The van der Waals surface area contributed by atoms with Crippen LogP contribution in [0.15, 0.2) is 59.8 Å². The van der Waals surface area contributed by atoms with Crippen molar-refractivity contribution in [3.05, 3.63) is 71.2 Å². The minimum atomic E-state index is -0.819. The van der Waals surface area contributed by atoms with Crippen molar-refractivity contribution in [1.82, 2.24) is 10.2 Å². The van der Waals surface area contributed by atoms with Crippen LogP contribution in [0.4, 0.5) is 14.9 Å². The van der Waals surface area contributed by atoms with E-state index >= 15 is 0 Å². The first-order valence-electron chi connectivity index (χ1n) is 8.49. The summed E-state index contributed by atoms with van der Waals surface area (Å²) in [5.74, 6) is -0.0357. The number of likely N-dealkylation sites (N-methyl/N-ethyl adjacent to an activating group) is 1. The number of carbonyl (C=O) groups is 2. The second-order valence-electron chi connectivity index (χ2n) is 6.41. The average Bonchev–Trinajstić information content (AvgIpc) is 3.03. The monoisotopic (exact) mass is 367 g/mol. The summed E-state index contributed by atoms with van der Waals surface area (Å²) < 4.78 is 19.5. The first-order valence-corrected chi connectivity index (χ1v) is 8.49. The lowest BCUT2D eigenvalue weighted by Crippen LogP contribution is -2.45. The fourth-order valence-electron chi connectivity index (χ4n) is 3.48. The highest BCUT2D eigenvalue weighted by Gasteiger charge is 2.44. The zero-order valence-corrected chi connectivity index (χ0v) is 14.9. The van der Waals surface area contributed by atoms with Gasteiger partial charge in [-0.2, -0.15) is 0 Å². The summed E-state index contributed by atoms with van der Waals surface area (Å²) in [5, 5.41) is 2.74. The van der Waals surface area contributed by atoms with E-state index in [-0.39, 0.29) is 24.0 Å². The van der Waals surface area contributed by atoms with E-state index in [0.29, 0.717) is 22.7 Å². The number of hydrogen-bond acceptors (Lipinski definition) is 3. The molecule has 0 bridgehead atoms. The van der Waals surface area contributed by atoms with Gasteiger partial charge in [0, 0.05) is 18.3 Å². The van der Waals surface area contributed by atoms with Crippen molar-refractivity contribution < 1.29 is 18.7 Å². The van der Waals surface area contributed by atoms with E-state index in [1.54, 1.807) is 61.5 Å². The Hall–Kier alpha value is -3.35. The third kappa shape index (κ3) is 2.71. The highest BCUT2D eigenvalue weighted by atomic mass is 19.1. The molecule has 27 heavy (non-hydrogen) atoms. The smallest absolute Gasteiger partial charge is 0.322 e. The maximum atomic E-state index is 14.4. The number of halogens is 1. The van der Waals surface area contributed by atoms with E-state index in [2.05, 4.69) is 5.32 Å². The molecule has 0 fully saturated rings. The molecule has 2 aromatic carbocycles. The standard InChI is InChI=1S/C20H18FN3O3/c1-23-16-11-24(12-7-9-13(27-2)10-8-12)19(25)17(16)18(22-20(23)26)14-5-3-4-6-15(14)21/h3-10,18H,11H2,1-2H3,(H,22,26). The normalized spacial score (nSPS) is 19.3. The van der Waals surface area contributed by atoms with Gasteiger partial charge in [0.1, 0.15) is 11.6 Å². The van der Waals surface area contributed by atoms with Crippen molar-refractivity contribution in [2.24, 2.45) is 0 Å². The second kappa shape index (κ2) is 6.42. The molecule has 0 aliphatic carbocycles. The minimum Gasteiger partial charge on any atom is -0.497 e. The molecule has 2 heterocycles. The molecule has 0 radical (unpaired) electrons. The van der Waals surface area contributed by atoms with Gasteiger partial charge in [-0.05, 0) is 30.3 Å². The minimum absolute atomic E-state index is 0.245. The lowest BCUT2D eigenvalue weighted by Gasteiger charge is -2.31. The molecule has 1 N–H and O–H groups in total. The Morgan fingerprint density at radius 3 is 2.48 bits per heavy atom. The van der Waals surface area contributed by atoms with E-state index in [0.717, 1.165) is 0 Å². The van der Waals surface area contributed by atoms with E-state index in [4.69, 9.17) is 4.74 Å². The summed E-state index contributed by atoms with van der Waals surface area (Å²) in [7, 11) is 3.18. The Morgan fingerprint density at radius 2 is 1.81 bits per heavy atom. The molecule has 4 rings (SSSR count). The van der Waals surface area contributed by atoms with Gasteiger partial charge in [0.25, 0.3) is 5.91 Å². The largest absolute Gasteiger partial charge is 0.497 e. The molecular formula is C20H18FN3O3. The van der Waals surface area contributed by atoms with Crippen LogP contribution in [0.5, 0.6) is 5.75 Å². The van der Waals surface area contributed by atoms with Crippen LogP contribution in [-0.2, 0) is 4.79 Å². The van der Waals surface area contributed by atoms with Crippen molar-refractivity contribution in [2.75, 3.05) is 25.6 Å². The lowest BCUT2D eigenvalue weighted by atomic mass is 9.95. The second-order valence-corrected chi connectivity index (χ2v) is 6.41. The molecule has 0 aromatic heterocycles. The van der Waals surface area contributed by atoms with E-state index in [1.165, 1.54) is 11.0 Å². The average molecular weight is 367 g/mol. The molecule has 0 spiro atoms. The number of amides is 3. The summed E-state index contributed by atoms with van der Waals surface area (Å²) in [6, 6.07) is 12.1. The van der Waals surface area contributed by atoms with Crippen LogP contribution in [0.3, 0.4) is 0 Å². The Kier molecular flexibility index (Phi) is 4.07. The topological polar surface area (TPSA) is 61.9 Å². The number of carbonyl (C=O) groups excluding carboxylic acids is 2. The molecule has 1 atom stereocenters. The molecule has 0 saturated heterocycles. The first kappa shape index (κ1) is 17.1. The zero-order valence-electron chi connectivity index (χ0n) is 14.9. The number of benzene rings is 2. The third-order valence-electron chi connectivity index (χ3n) is 4.96. The number of nitrogens with zero attached hydrogens (tertiary/aromatic N) is 2. The number of hydrogen-bond donors (Lipinski definition) is 1. The highest BCUT2D eigenvalue weighted by molar-refractivity contribution is 6.11. The van der Waals surface area contributed by atoms with Gasteiger partial charge < -0.3 is 15.0 Å². The van der Waals surface area contributed by atoms with Crippen molar-refractivity contribution in [3.8, 4) is 5.75 Å². The van der Waals surface area contributed by atoms with Crippen LogP contribution >= 0.6 is 0 Å². The predicted molar refractivity (Wildman–Crippen MR) is 97.8 cm³/mol. The van der Waals surface area contributed by atoms with E-state index in [1.807, 2.05) is 0 Å². The van der Waals surface area contributed by atoms with Crippen LogP contribution in [0.2, 0.25) is 0 Å². The van der Waals surface area contributed by atoms with Crippen LogP contribution in [0.1, 0.15) is 11.6 Å². The Balaban J connectivity index is 1.75. The van der Waals surface area contributed by atoms with Gasteiger partial charge in [-0.15, -0.1) is 0 Å². The highest BCUT2D eigenvalue weighted by Crippen LogP contribution is 2.38. The molecule has 6 nitrogen and oxygen atoms in total. The van der Waals surface area contributed by atoms with Crippen molar-refractivity contribution in [3.63, 3.8) is 0 Å². The van der Waals surface area contributed by atoms with Crippen LogP contribution < -0.4 is 15.0 Å². The number of urea groups is 1. The summed E-state index contributed by atoms with van der Waals surface area (Å²) in [4.78, 5) is 28.5. The van der Waals surface area contributed by atoms with Gasteiger partial charge in [-0.25, -0.2) is 9.18 Å². The number of anilines is 1. The molecule has 2 aliphatic heterocycles. The van der Waals surface area contributed by atoms with Gasteiger partial charge in [-0.3, -0.25) is 9.69 Å². The van der Waals surface area contributed by atoms with Crippen molar-refractivity contribution in [2.45, 2.75) is 6.04 Å². The summed E-state index contributed by atoms with van der Waals surface area (Å²) in [6.45, 7) is 0.245. The van der Waals surface area contributed by atoms with Crippen molar-refractivity contribution in [1.29, 1.82) is 0 Å². The lowest BCUT2D eigenvalue weighted by molar-refractivity contribution is -0.114. The van der Waals surface area contributed by atoms with Gasteiger partial charge in [0.15, 0.2) is 0 Å². The predicted octanol–water partition coefficient (Wildman–Crippen LogP) is 2.83. The molecule has 7 heteroatoms. The molecule has 138 valence electrons. The molecule has 0 saturated carbocycles. The SMILES string of the molecule is COc1ccc(N2CC3=C(C2=O)C(c2ccccc2F)NC(=O)N3C)cc1. The number of ether oxygens (including phenoxy) is 1. The fraction of sp³-hybridized carbons (Fsp3) is 0.200. The Labute approximate surface area is 155 Å². The fourth-order valence-corrected chi connectivity index (χ4v) is 3.48. The number of methoxy groups -OCH3 is 1. The van der Waals surface area contributed by atoms with Gasteiger partial charge in [0.2, 0.25) is 0 Å². The van der Waals surface area contributed by atoms with Crippen LogP contribution in [0.25, 0.3) is 0 Å². The van der Waals surface area contributed by atoms with Gasteiger partial charge in [0.05, 0.1) is 31.0 Å². The molecule has 3 amide bonds. The summed E-state index contributed by atoms with van der Waals surface area (Å²) in [5.41, 5.74) is 1.92. The third-order valence-corrected chi connectivity index (χ3v) is 4.96. The maximum Gasteiger partial charge on any atom is 0.322 e. The van der Waals surface area contributed by atoms with E-state index < -0.39 is 11.9 Å².